The summed E-state index contributed by atoms with van der Waals surface area (Å²) in [5, 5.41) is 4.11. The second kappa shape index (κ2) is 6.93. The lowest BCUT2D eigenvalue weighted by atomic mass is 10.1. The second-order valence-electron chi connectivity index (χ2n) is 6.82. The van der Waals surface area contributed by atoms with Gasteiger partial charge in [0.1, 0.15) is 5.60 Å². The molecule has 0 aliphatic carbocycles. The van der Waals surface area contributed by atoms with Gasteiger partial charge in [-0.25, -0.2) is 4.79 Å². The van der Waals surface area contributed by atoms with Crippen LogP contribution in [0.1, 0.15) is 26.5 Å². The Kier molecular flexibility index (Phi) is 4.70. The molecule has 2 aromatic rings. The molecule has 0 fully saturated rings. The van der Waals surface area contributed by atoms with E-state index in [2.05, 4.69) is 10.1 Å². The summed E-state index contributed by atoms with van der Waals surface area (Å²) in [7, 11) is 0. The van der Waals surface area contributed by atoms with Crippen LogP contribution in [0.3, 0.4) is 0 Å². The average molecular weight is 339 g/mol. The van der Waals surface area contributed by atoms with Crippen LogP contribution in [0, 0.1) is 0 Å². The van der Waals surface area contributed by atoms with Crippen LogP contribution in [0.2, 0.25) is 0 Å². The van der Waals surface area contributed by atoms with Gasteiger partial charge < -0.3 is 9.26 Å². The Balaban J connectivity index is 1.60. The molecule has 0 atom stereocenters. The second-order valence-corrected chi connectivity index (χ2v) is 6.82. The van der Waals surface area contributed by atoms with Crippen molar-refractivity contribution in [3.05, 3.63) is 60.2 Å². The molecule has 1 amide bonds. The zero-order valence-corrected chi connectivity index (χ0v) is 14.6. The highest BCUT2D eigenvalue weighted by atomic mass is 16.6. The van der Waals surface area contributed by atoms with Crippen molar-refractivity contribution in [2.24, 2.45) is 0 Å². The summed E-state index contributed by atoms with van der Waals surface area (Å²) in [5.74, 6) is 0.716. The maximum Gasteiger partial charge on any atom is 0.414 e. The van der Waals surface area contributed by atoms with Gasteiger partial charge in [-0.15, -0.1) is 0 Å². The summed E-state index contributed by atoms with van der Waals surface area (Å²) >= 11 is 0. The lowest BCUT2D eigenvalue weighted by Gasteiger charge is -2.26. The predicted molar refractivity (Wildman–Crippen MR) is 93.6 cm³/mol. The van der Waals surface area contributed by atoms with E-state index >= 15 is 0 Å². The largest absolute Gasteiger partial charge is 0.443 e. The van der Waals surface area contributed by atoms with Crippen LogP contribution in [0.25, 0.3) is 11.3 Å². The first-order valence-corrected chi connectivity index (χ1v) is 8.13. The molecule has 0 radical (unpaired) electrons. The smallest absolute Gasteiger partial charge is 0.414 e. The molecule has 130 valence electrons. The monoisotopic (exact) mass is 339 g/mol. The molecule has 1 aliphatic rings. The van der Waals surface area contributed by atoms with Gasteiger partial charge in [-0.2, -0.15) is 0 Å². The number of aromatic nitrogens is 2. The fourth-order valence-corrected chi connectivity index (χ4v) is 2.37. The van der Waals surface area contributed by atoms with Crippen LogP contribution < -0.4 is 0 Å². The Labute approximate surface area is 146 Å². The van der Waals surface area contributed by atoms with Gasteiger partial charge in [-0.3, -0.25) is 9.88 Å². The normalized spacial score (nSPS) is 14.4. The molecule has 0 bridgehead atoms. The Bertz CT molecular complexity index is 801. The SMILES string of the molecule is CC(C)(C)OC(=O)N1C=CC(Cc2cc(-c3ccncc3)on2)=CC1. The van der Waals surface area contributed by atoms with E-state index in [4.69, 9.17) is 9.26 Å². The van der Waals surface area contributed by atoms with E-state index in [1.54, 1.807) is 23.5 Å². The van der Waals surface area contributed by atoms with Gasteiger partial charge in [0.15, 0.2) is 5.76 Å². The Morgan fingerprint density at radius 1 is 1.32 bits per heavy atom. The van der Waals surface area contributed by atoms with Gasteiger partial charge in [0, 0.05) is 43.2 Å². The van der Waals surface area contributed by atoms with E-state index in [-0.39, 0.29) is 6.09 Å². The molecule has 3 heterocycles. The van der Waals surface area contributed by atoms with Crippen LogP contribution in [0.4, 0.5) is 4.79 Å². The highest BCUT2D eigenvalue weighted by molar-refractivity contribution is 5.70. The number of hydrogen-bond acceptors (Lipinski definition) is 5. The molecular weight excluding hydrogens is 318 g/mol. The molecule has 3 rings (SSSR count). The van der Waals surface area contributed by atoms with Crippen molar-refractivity contribution in [3.8, 4) is 11.3 Å². The van der Waals surface area contributed by atoms with Crippen molar-refractivity contribution in [1.82, 2.24) is 15.0 Å². The molecule has 0 saturated carbocycles. The molecular formula is C19H21N3O3. The van der Waals surface area contributed by atoms with Crippen LogP contribution in [-0.2, 0) is 11.2 Å². The van der Waals surface area contributed by atoms with Crippen LogP contribution in [0.5, 0.6) is 0 Å². The van der Waals surface area contributed by atoms with E-state index < -0.39 is 5.60 Å². The van der Waals surface area contributed by atoms with Crippen molar-refractivity contribution >= 4 is 6.09 Å². The topological polar surface area (TPSA) is 68.5 Å². The quantitative estimate of drug-likeness (QED) is 0.846. The van der Waals surface area contributed by atoms with Gasteiger partial charge >= 0.3 is 6.09 Å². The van der Waals surface area contributed by atoms with E-state index in [1.165, 1.54) is 0 Å². The molecule has 0 saturated heterocycles. The van der Waals surface area contributed by atoms with Gasteiger partial charge in [-0.05, 0) is 44.6 Å². The zero-order chi connectivity index (χ0) is 17.9. The summed E-state index contributed by atoms with van der Waals surface area (Å²) in [6.45, 7) is 6.04. The first kappa shape index (κ1) is 17.0. The third kappa shape index (κ3) is 4.56. The zero-order valence-electron chi connectivity index (χ0n) is 14.6. The number of nitrogens with zero attached hydrogens (tertiary/aromatic N) is 3. The molecule has 0 spiro atoms. The fourth-order valence-electron chi connectivity index (χ4n) is 2.37. The summed E-state index contributed by atoms with van der Waals surface area (Å²) < 4.78 is 10.7. The Morgan fingerprint density at radius 3 is 2.72 bits per heavy atom. The van der Waals surface area contributed by atoms with Crippen LogP contribution in [-0.4, -0.2) is 33.3 Å². The van der Waals surface area contributed by atoms with E-state index in [0.717, 1.165) is 16.8 Å². The number of carbonyl (C=O) groups is 1. The third-order valence-corrected chi connectivity index (χ3v) is 3.56. The van der Waals surface area contributed by atoms with E-state index in [0.29, 0.717) is 18.7 Å². The van der Waals surface area contributed by atoms with E-state index in [9.17, 15) is 4.79 Å². The Morgan fingerprint density at radius 2 is 2.08 bits per heavy atom. The van der Waals surface area contributed by atoms with Crippen molar-refractivity contribution in [1.29, 1.82) is 0 Å². The number of amides is 1. The number of rotatable bonds is 3. The summed E-state index contributed by atoms with van der Waals surface area (Å²) in [6, 6.07) is 5.68. The summed E-state index contributed by atoms with van der Waals surface area (Å²) in [6.07, 6.45) is 9.37. The number of pyridine rings is 1. The lowest BCUT2D eigenvalue weighted by Crippen LogP contribution is -2.34. The molecule has 0 aromatic carbocycles. The molecule has 25 heavy (non-hydrogen) atoms. The molecule has 0 unspecified atom stereocenters. The first-order chi connectivity index (χ1) is 11.9. The van der Waals surface area contributed by atoms with Gasteiger partial charge in [0.25, 0.3) is 0 Å². The highest BCUT2D eigenvalue weighted by Crippen LogP contribution is 2.22. The summed E-state index contributed by atoms with van der Waals surface area (Å²) in [5.41, 5.74) is 2.36. The minimum Gasteiger partial charge on any atom is -0.443 e. The molecule has 6 heteroatoms. The number of hydrogen-bond donors (Lipinski definition) is 0. The van der Waals surface area contributed by atoms with Crippen LogP contribution >= 0.6 is 0 Å². The summed E-state index contributed by atoms with van der Waals surface area (Å²) in [4.78, 5) is 17.6. The number of ether oxygens (including phenoxy) is 1. The highest BCUT2D eigenvalue weighted by Gasteiger charge is 2.21. The Hall–Kier alpha value is -2.89. The lowest BCUT2D eigenvalue weighted by molar-refractivity contribution is 0.0349. The van der Waals surface area contributed by atoms with Gasteiger partial charge in [0.2, 0.25) is 0 Å². The maximum atomic E-state index is 12.0. The number of allylic oxidation sites excluding steroid dienone is 2. The predicted octanol–water partition coefficient (Wildman–Crippen LogP) is 3.97. The van der Waals surface area contributed by atoms with Gasteiger partial charge in [0.05, 0.1) is 5.69 Å². The standard InChI is InChI=1S/C19H21N3O3/c1-19(2,3)24-18(23)22-10-6-14(7-11-22)12-16-13-17(25-21-16)15-4-8-20-9-5-15/h4-10,13H,11-12H2,1-3H3. The maximum absolute atomic E-state index is 12.0. The van der Waals surface area contributed by atoms with Crippen LogP contribution in [0.15, 0.2) is 59.0 Å². The molecule has 1 aliphatic heterocycles. The average Bonchev–Trinajstić information content (AvgIpc) is 3.03. The van der Waals surface area contributed by atoms with Crippen molar-refractivity contribution in [2.45, 2.75) is 32.8 Å². The fraction of sp³-hybridized carbons (Fsp3) is 0.316. The third-order valence-electron chi connectivity index (χ3n) is 3.56. The first-order valence-electron chi connectivity index (χ1n) is 8.13. The molecule has 6 nitrogen and oxygen atoms in total. The minimum absolute atomic E-state index is 0.347. The van der Waals surface area contributed by atoms with Crippen molar-refractivity contribution < 1.29 is 14.1 Å². The minimum atomic E-state index is -0.501. The van der Waals surface area contributed by atoms with E-state index in [1.807, 2.05) is 51.1 Å². The molecule has 2 aromatic heterocycles. The molecule has 0 N–H and O–H groups in total. The van der Waals surface area contributed by atoms with Crippen molar-refractivity contribution in [2.75, 3.05) is 6.54 Å². The van der Waals surface area contributed by atoms with Gasteiger partial charge in [-0.1, -0.05) is 11.2 Å². The van der Waals surface area contributed by atoms with Crippen molar-refractivity contribution in [3.63, 3.8) is 0 Å². The number of carbonyl (C=O) groups excluding carboxylic acids is 1.